The number of likely N-dealkylation sites (N-methyl/N-ethyl adjacent to an activating group) is 1. The third kappa shape index (κ3) is 2.33. The van der Waals surface area contributed by atoms with Crippen molar-refractivity contribution in [3.63, 3.8) is 0 Å². The van der Waals surface area contributed by atoms with E-state index in [0.29, 0.717) is 24.8 Å². The summed E-state index contributed by atoms with van der Waals surface area (Å²) in [6.07, 6.45) is 0.332. The highest BCUT2D eigenvalue weighted by Gasteiger charge is 2.29. The Kier molecular flexibility index (Phi) is 3.19. The summed E-state index contributed by atoms with van der Waals surface area (Å²) in [4.78, 5) is 8.85. The fourth-order valence-corrected chi connectivity index (χ4v) is 2.41. The highest BCUT2D eigenvalue weighted by atomic mass is 16.5. The summed E-state index contributed by atoms with van der Waals surface area (Å²) in [7, 11) is 2.11. The van der Waals surface area contributed by atoms with Gasteiger partial charge in [-0.25, -0.2) is 0 Å². The number of rotatable bonds is 2. The first-order valence-corrected chi connectivity index (χ1v) is 6.41. The molecule has 0 radical (unpaired) electrons. The van der Waals surface area contributed by atoms with E-state index in [1.807, 2.05) is 0 Å². The lowest BCUT2D eigenvalue weighted by Crippen LogP contribution is -2.44. The molecule has 100 valence electrons. The maximum absolute atomic E-state index is 9.48. The van der Waals surface area contributed by atoms with Crippen LogP contribution in [-0.2, 0) is 0 Å². The topological polar surface area (TPSA) is 77.7 Å². The Bertz CT molecular complexity index is 402. The molecular formula is C11H19N5O2. The van der Waals surface area contributed by atoms with Crippen molar-refractivity contribution in [1.29, 1.82) is 0 Å². The Labute approximate surface area is 106 Å². The summed E-state index contributed by atoms with van der Waals surface area (Å²) in [5.74, 6) is 1.25. The zero-order chi connectivity index (χ0) is 12.5. The molecule has 2 atom stereocenters. The Morgan fingerprint density at radius 3 is 2.78 bits per heavy atom. The van der Waals surface area contributed by atoms with Crippen LogP contribution >= 0.6 is 0 Å². The van der Waals surface area contributed by atoms with Gasteiger partial charge in [-0.15, -0.1) is 0 Å². The van der Waals surface area contributed by atoms with Crippen molar-refractivity contribution in [2.45, 2.75) is 18.6 Å². The maximum Gasteiger partial charge on any atom is 0.266 e. The minimum absolute atomic E-state index is 0.00582. The number of hydrogen-bond donors (Lipinski definition) is 2. The summed E-state index contributed by atoms with van der Waals surface area (Å²) in [6, 6.07) is -0.00582. The van der Waals surface area contributed by atoms with Gasteiger partial charge >= 0.3 is 0 Å². The van der Waals surface area contributed by atoms with Crippen LogP contribution in [0.4, 0.5) is 5.95 Å². The van der Waals surface area contributed by atoms with Gasteiger partial charge in [-0.1, -0.05) is 0 Å². The van der Waals surface area contributed by atoms with Crippen molar-refractivity contribution < 1.29 is 9.63 Å². The number of hydrogen-bond acceptors (Lipinski definition) is 7. The molecule has 7 heteroatoms. The van der Waals surface area contributed by atoms with E-state index in [2.05, 4.69) is 32.3 Å². The van der Waals surface area contributed by atoms with Crippen molar-refractivity contribution in [2.75, 3.05) is 44.7 Å². The minimum Gasteiger partial charge on any atom is -0.392 e. The van der Waals surface area contributed by atoms with Crippen LogP contribution in [0, 0.1) is 0 Å². The van der Waals surface area contributed by atoms with Gasteiger partial charge in [0.05, 0.1) is 12.1 Å². The van der Waals surface area contributed by atoms with Crippen LogP contribution in [0.25, 0.3) is 0 Å². The van der Waals surface area contributed by atoms with Gasteiger partial charge in [-0.2, -0.15) is 4.98 Å². The second-order valence-corrected chi connectivity index (χ2v) is 5.07. The molecule has 1 aromatic rings. The van der Waals surface area contributed by atoms with E-state index in [4.69, 9.17) is 4.52 Å². The van der Waals surface area contributed by atoms with E-state index in [1.165, 1.54) is 0 Å². The zero-order valence-electron chi connectivity index (χ0n) is 10.5. The number of nitrogens with one attached hydrogen (secondary N) is 1. The number of β-amino-alcohol motifs (C(OH)–C–C–N with tert-alkyl or cyclic N) is 1. The molecule has 0 bridgehead atoms. The van der Waals surface area contributed by atoms with Crippen molar-refractivity contribution in [1.82, 2.24) is 20.4 Å². The average molecular weight is 253 g/mol. The molecule has 3 heterocycles. The Morgan fingerprint density at radius 1 is 1.33 bits per heavy atom. The fraction of sp³-hybridized carbons (Fsp3) is 0.818. The average Bonchev–Trinajstić information content (AvgIpc) is 2.98. The molecular weight excluding hydrogens is 234 g/mol. The van der Waals surface area contributed by atoms with Gasteiger partial charge in [0, 0.05) is 32.7 Å². The molecule has 0 aromatic carbocycles. The molecule has 2 saturated heterocycles. The van der Waals surface area contributed by atoms with Crippen LogP contribution < -0.4 is 10.2 Å². The highest BCUT2D eigenvalue weighted by molar-refractivity contribution is 5.29. The van der Waals surface area contributed by atoms with E-state index in [-0.39, 0.29) is 12.1 Å². The van der Waals surface area contributed by atoms with Crippen molar-refractivity contribution >= 4 is 5.95 Å². The standard InChI is InChI=1S/C11H19N5O2/c1-15-2-4-16(5-3-15)11-13-10(18-14-11)9-6-8(17)7-12-9/h8-9,12,17H,2-7H2,1H3/t8?,9-/m0/s1. The number of aromatic nitrogens is 2. The molecule has 2 aliphatic rings. The first-order chi connectivity index (χ1) is 8.72. The molecule has 2 aliphatic heterocycles. The Hall–Kier alpha value is -1.18. The quantitative estimate of drug-likeness (QED) is 0.715. The number of piperazine rings is 1. The van der Waals surface area contributed by atoms with Gasteiger partial charge in [0.15, 0.2) is 0 Å². The summed E-state index contributed by atoms with van der Waals surface area (Å²) in [5.41, 5.74) is 0. The van der Waals surface area contributed by atoms with E-state index >= 15 is 0 Å². The molecule has 1 unspecified atom stereocenters. The first-order valence-electron chi connectivity index (χ1n) is 6.41. The van der Waals surface area contributed by atoms with E-state index in [9.17, 15) is 5.11 Å². The van der Waals surface area contributed by atoms with Gasteiger partial charge in [0.2, 0.25) is 5.89 Å². The molecule has 2 N–H and O–H groups in total. The molecule has 0 spiro atoms. The Balaban J connectivity index is 1.66. The van der Waals surface area contributed by atoms with Gasteiger partial charge < -0.3 is 24.7 Å². The second kappa shape index (κ2) is 4.83. The summed E-state index contributed by atoms with van der Waals surface area (Å²) < 4.78 is 5.29. The van der Waals surface area contributed by atoms with E-state index in [0.717, 1.165) is 26.2 Å². The SMILES string of the molecule is CN1CCN(c2noc([C@@H]3CC(O)CN3)n2)CC1. The molecule has 7 nitrogen and oxygen atoms in total. The second-order valence-electron chi connectivity index (χ2n) is 5.07. The summed E-state index contributed by atoms with van der Waals surface area (Å²) >= 11 is 0. The maximum atomic E-state index is 9.48. The van der Waals surface area contributed by atoms with Gasteiger partial charge in [-0.05, 0) is 18.6 Å². The third-order valence-electron chi connectivity index (χ3n) is 3.62. The van der Waals surface area contributed by atoms with Crippen molar-refractivity contribution in [3.05, 3.63) is 5.89 Å². The van der Waals surface area contributed by atoms with Gasteiger partial charge in [0.1, 0.15) is 0 Å². The summed E-state index contributed by atoms with van der Waals surface area (Å²) in [6.45, 7) is 4.48. The lowest BCUT2D eigenvalue weighted by atomic mass is 10.2. The highest BCUT2D eigenvalue weighted by Crippen LogP contribution is 2.23. The summed E-state index contributed by atoms with van der Waals surface area (Å²) in [5, 5.41) is 16.7. The molecule has 18 heavy (non-hydrogen) atoms. The Morgan fingerprint density at radius 2 is 2.11 bits per heavy atom. The normalized spacial score (nSPS) is 30.0. The molecule has 3 rings (SSSR count). The molecule has 0 amide bonds. The lowest BCUT2D eigenvalue weighted by molar-refractivity contribution is 0.191. The fourth-order valence-electron chi connectivity index (χ4n) is 2.41. The number of aliphatic hydroxyl groups is 1. The van der Waals surface area contributed by atoms with Gasteiger partial charge in [-0.3, -0.25) is 0 Å². The van der Waals surface area contributed by atoms with Crippen LogP contribution in [-0.4, -0.2) is 66.0 Å². The van der Waals surface area contributed by atoms with Crippen LogP contribution in [0.15, 0.2) is 4.52 Å². The van der Waals surface area contributed by atoms with E-state index in [1.54, 1.807) is 0 Å². The van der Waals surface area contributed by atoms with Crippen molar-refractivity contribution in [2.24, 2.45) is 0 Å². The molecule has 0 saturated carbocycles. The van der Waals surface area contributed by atoms with Gasteiger partial charge in [0.25, 0.3) is 5.95 Å². The largest absolute Gasteiger partial charge is 0.392 e. The zero-order valence-corrected chi connectivity index (χ0v) is 10.5. The van der Waals surface area contributed by atoms with Crippen molar-refractivity contribution in [3.8, 4) is 0 Å². The predicted octanol–water partition coefficient (Wildman–Crippen LogP) is -0.783. The monoisotopic (exact) mass is 253 g/mol. The lowest BCUT2D eigenvalue weighted by Gasteiger charge is -2.31. The van der Waals surface area contributed by atoms with Crippen LogP contribution in [0.1, 0.15) is 18.4 Å². The van der Waals surface area contributed by atoms with E-state index < -0.39 is 0 Å². The predicted molar refractivity (Wildman–Crippen MR) is 65.4 cm³/mol. The first kappa shape index (κ1) is 11.9. The molecule has 1 aromatic heterocycles. The molecule has 0 aliphatic carbocycles. The third-order valence-corrected chi connectivity index (χ3v) is 3.62. The minimum atomic E-state index is -0.311. The number of nitrogens with zero attached hydrogens (tertiary/aromatic N) is 4. The van der Waals surface area contributed by atoms with Crippen LogP contribution in [0.5, 0.6) is 0 Å². The van der Waals surface area contributed by atoms with Crippen LogP contribution in [0.3, 0.4) is 0 Å². The number of anilines is 1. The number of aliphatic hydroxyl groups excluding tert-OH is 1. The van der Waals surface area contributed by atoms with Crippen LogP contribution in [0.2, 0.25) is 0 Å². The molecule has 2 fully saturated rings. The smallest absolute Gasteiger partial charge is 0.266 e.